The van der Waals surface area contributed by atoms with Crippen LogP contribution in [0.1, 0.15) is 27.3 Å². The molecule has 0 radical (unpaired) electrons. The fourth-order valence-corrected chi connectivity index (χ4v) is 3.80. The molecule has 136 valence electrons. The van der Waals surface area contributed by atoms with E-state index < -0.39 is 0 Å². The molecule has 1 heterocycles. The number of aromatic nitrogens is 1. The van der Waals surface area contributed by atoms with Crippen molar-refractivity contribution in [1.82, 2.24) is 10.3 Å². The van der Waals surface area contributed by atoms with E-state index in [4.69, 9.17) is 9.47 Å². The first kappa shape index (κ1) is 18.2. The summed E-state index contributed by atoms with van der Waals surface area (Å²) in [7, 11) is 3.17. The van der Waals surface area contributed by atoms with Crippen LogP contribution in [0.25, 0.3) is 10.2 Å². The number of hydrogen-bond donors (Lipinski definition) is 1. The zero-order valence-corrected chi connectivity index (χ0v) is 16.0. The molecule has 0 aliphatic carbocycles. The van der Waals surface area contributed by atoms with Gasteiger partial charge in [0.15, 0.2) is 0 Å². The van der Waals surface area contributed by atoms with Gasteiger partial charge in [-0.15, -0.1) is 11.3 Å². The molecule has 0 saturated heterocycles. The van der Waals surface area contributed by atoms with Crippen molar-refractivity contribution in [2.24, 2.45) is 0 Å². The van der Waals surface area contributed by atoms with Crippen LogP contribution >= 0.6 is 11.3 Å². The summed E-state index contributed by atoms with van der Waals surface area (Å²) in [6.07, 6.45) is 1.69. The number of carbonyl (C=O) groups excluding carboxylic acids is 1. The van der Waals surface area contributed by atoms with Gasteiger partial charge in [0.2, 0.25) is 0 Å². The molecule has 26 heavy (non-hydrogen) atoms. The third-order valence-electron chi connectivity index (χ3n) is 4.21. The van der Waals surface area contributed by atoms with Crippen LogP contribution in [0.3, 0.4) is 0 Å². The number of para-hydroxylation sites is 1. The second-order valence-corrected chi connectivity index (χ2v) is 7.06. The van der Waals surface area contributed by atoms with E-state index in [0.29, 0.717) is 23.6 Å². The van der Waals surface area contributed by atoms with Crippen LogP contribution in [0.15, 0.2) is 36.4 Å². The minimum Gasteiger partial charge on any atom is -0.496 e. The van der Waals surface area contributed by atoms with Gasteiger partial charge in [0.05, 0.1) is 29.4 Å². The third-order valence-corrected chi connectivity index (χ3v) is 5.30. The molecule has 0 spiro atoms. The Hall–Kier alpha value is -2.60. The molecule has 0 aliphatic rings. The fraction of sp³-hybridized carbons (Fsp3) is 0.300. The van der Waals surface area contributed by atoms with Crippen LogP contribution in [-0.4, -0.2) is 31.7 Å². The van der Waals surface area contributed by atoms with Crippen LogP contribution in [-0.2, 0) is 6.42 Å². The number of methoxy groups -OCH3 is 2. The lowest BCUT2D eigenvalue weighted by atomic mass is 10.1. The second-order valence-electron chi connectivity index (χ2n) is 5.94. The van der Waals surface area contributed by atoms with Crippen molar-refractivity contribution in [3.05, 3.63) is 52.5 Å². The number of thiazole rings is 1. The Bertz CT molecular complexity index is 862. The van der Waals surface area contributed by atoms with E-state index in [1.165, 1.54) is 4.70 Å². The van der Waals surface area contributed by atoms with Crippen LogP contribution in [0, 0.1) is 6.92 Å². The molecule has 0 atom stereocenters. The van der Waals surface area contributed by atoms with E-state index in [-0.39, 0.29) is 5.91 Å². The zero-order chi connectivity index (χ0) is 18.5. The van der Waals surface area contributed by atoms with E-state index in [1.807, 2.05) is 25.1 Å². The highest BCUT2D eigenvalue weighted by Gasteiger charge is 2.13. The van der Waals surface area contributed by atoms with Gasteiger partial charge in [0.1, 0.15) is 11.5 Å². The standard InChI is InChI=1S/C20H22N2O3S/c1-13-16(24-2)11-14(12-17(13)25-3)20(23)21-10-6-9-19-22-15-7-4-5-8-18(15)26-19/h4-5,7-8,11-12H,6,9-10H2,1-3H3,(H,21,23). The molecular formula is C20H22N2O3S. The minimum atomic E-state index is -0.133. The number of nitrogens with one attached hydrogen (secondary N) is 1. The average molecular weight is 370 g/mol. The highest BCUT2D eigenvalue weighted by atomic mass is 32.1. The Kier molecular flexibility index (Phi) is 5.73. The normalized spacial score (nSPS) is 10.7. The van der Waals surface area contributed by atoms with Crippen LogP contribution in [0.2, 0.25) is 0 Å². The highest BCUT2D eigenvalue weighted by molar-refractivity contribution is 7.18. The molecule has 0 saturated carbocycles. The molecule has 1 amide bonds. The first-order chi connectivity index (χ1) is 12.6. The van der Waals surface area contributed by atoms with Gasteiger partial charge >= 0.3 is 0 Å². The SMILES string of the molecule is COc1cc(C(=O)NCCCc2nc3ccccc3s2)cc(OC)c1C. The lowest BCUT2D eigenvalue weighted by molar-refractivity contribution is 0.0952. The van der Waals surface area contributed by atoms with E-state index >= 15 is 0 Å². The Morgan fingerprint density at radius 1 is 1.15 bits per heavy atom. The summed E-state index contributed by atoms with van der Waals surface area (Å²) in [6, 6.07) is 11.6. The molecule has 0 aliphatic heterocycles. The van der Waals surface area contributed by atoms with Crippen LogP contribution < -0.4 is 14.8 Å². The first-order valence-corrected chi connectivity index (χ1v) is 9.29. The lowest BCUT2D eigenvalue weighted by Crippen LogP contribution is -2.25. The smallest absolute Gasteiger partial charge is 0.251 e. The maximum Gasteiger partial charge on any atom is 0.251 e. The molecule has 0 fully saturated rings. The number of carbonyl (C=O) groups is 1. The largest absolute Gasteiger partial charge is 0.496 e. The van der Waals surface area contributed by atoms with Crippen molar-refractivity contribution in [2.75, 3.05) is 20.8 Å². The molecule has 2 aromatic carbocycles. The van der Waals surface area contributed by atoms with Crippen molar-refractivity contribution >= 4 is 27.5 Å². The van der Waals surface area contributed by atoms with E-state index in [9.17, 15) is 4.79 Å². The number of hydrogen-bond acceptors (Lipinski definition) is 5. The quantitative estimate of drug-likeness (QED) is 0.639. The van der Waals surface area contributed by atoms with Crippen LogP contribution in [0.4, 0.5) is 0 Å². The number of ether oxygens (including phenoxy) is 2. The maximum absolute atomic E-state index is 12.4. The third kappa shape index (κ3) is 3.96. The predicted octanol–water partition coefficient (Wildman–Crippen LogP) is 3.98. The first-order valence-electron chi connectivity index (χ1n) is 8.47. The van der Waals surface area contributed by atoms with Crippen molar-refractivity contribution in [2.45, 2.75) is 19.8 Å². The van der Waals surface area contributed by atoms with Gasteiger partial charge in [-0.05, 0) is 37.6 Å². The predicted molar refractivity (Wildman–Crippen MR) is 105 cm³/mol. The van der Waals surface area contributed by atoms with E-state index in [1.54, 1.807) is 37.7 Å². The van der Waals surface area contributed by atoms with Crippen molar-refractivity contribution in [3.63, 3.8) is 0 Å². The van der Waals surface area contributed by atoms with Gasteiger partial charge in [-0.2, -0.15) is 0 Å². The van der Waals surface area contributed by atoms with E-state index in [2.05, 4.69) is 16.4 Å². The summed E-state index contributed by atoms with van der Waals surface area (Å²) in [6.45, 7) is 2.49. The van der Waals surface area contributed by atoms with Gasteiger partial charge in [0.25, 0.3) is 5.91 Å². The van der Waals surface area contributed by atoms with Gasteiger partial charge in [0, 0.05) is 24.1 Å². The van der Waals surface area contributed by atoms with Crippen molar-refractivity contribution in [1.29, 1.82) is 0 Å². The summed E-state index contributed by atoms with van der Waals surface area (Å²) in [5, 5.41) is 4.05. The lowest BCUT2D eigenvalue weighted by Gasteiger charge is -2.12. The second kappa shape index (κ2) is 8.19. The summed E-state index contributed by atoms with van der Waals surface area (Å²) in [4.78, 5) is 17.0. The molecule has 3 aromatic rings. The molecule has 0 unspecified atom stereocenters. The Labute approximate surface area is 157 Å². The zero-order valence-electron chi connectivity index (χ0n) is 15.2. The molecule has 1 aromatic heterocycles. The van der Waals surface area contributed by atoms with Gasteiger partial charge in [-0.25, -0.2) is 4.98 Å². The maximum atomic E-state index is 12.4. The van der Waals surface area contributed by atoms with Gasteiger partial charge < -0.3 is 14.8 Å². The Morgan fingerprint density at radius 3 is 2.50 bits per heavy atom. The summed E-state index contributed by atoms with van der Waals surface area (Å²) in [5.41, 5.74) is 2.45. The summed E-state index contributed by atoms with van der Waals surface area (Å²) >= 11 is 1.71. The van der Waals surface area contributed by atoms with Gasteiger partial charge in [-0.3, -0.25) is 4.79 Å². The molecule has 5 nitrogen and oxygen atoms in total. The molecule has 1 N–H and O–H groups in total. The summed E-state index contributed by atoms with van der Waals surface area (Å²) in [5.74, 6) is 1.15. The highest BCUT2D eigenvalue weighted by Crippen LogP contribution is 2.29. The number of amides is 1. The fourth-order valence-electron chi connectivity index (χ4n) is 2.79. The number of fused-ring (bicyclic) bond motifs is 1. The van der Waals surface area contributed by atoms with Crippen molar-refractivity contribution < 1.29 is 14.3 Å². The minimum absolute atomic E-state index is 0.133. The topological polar surface area (TPSA) is 60.5 Å². The van der Waals surface area contributed by atoms with Gasteiger partial charge in [-0.1, -0.05) is 12.1 Å². The van der Waals surface area contributed by atoms with Crippen molar-refractivity contribution in [3.8, 4) is 11.5 Å². The number of rotatable bonds is 7. The average Bonchev–Trinajstić information content (AvgIpc) is 3.08. The molecule has 3 rings (SSSR count). The molecule has 6 heteroatoms. The monoisotopic (exact) mass is 370 g/mol. The number of nitrogens with zero attached hydrogens (tertiary/aromatic N) is 1. The molecule has 0 bridgehead atoms. The number of benzene rings is 2. The Balaban J connectivity index is 1.57. The number of aryl methyl sites for hydroxylation is 1. The van der Waals surface area contributed by atoms with Crippen LogP contribution in [0.5, 0.6) is 11.5 Å². The summed E-state index contributed by atoms with van der Waals surface area (Å²) < 4.78 is 11.8. The van der Waals surface area contributed by atoms with E-state index in [0.717, 1.165) is 28.9 Å². The Morgan fingerprint density at radius 2 is 1.85 bits per heavy atom. The molecular weight excluding hydrogens is 348 g/mol.